The highest BCUT2D eigenvalue weighted by atomic mass is 16.2. The maximum Gasteiger partial charge on any atom is 0.249 e. The molecule has 1 aromatic carbocycles. The molecule has 0 aliphatic carbocycles. The highest BCUT2D eigenvalue weighted by Gasteiger charge is 2.24. The van der Waals surface area contributed by atoms with Gasteiger partial charge < -0.3 is 0 Å². The van der Waals surface area contributed by atoms with Crippen LogP contribution in [0.1, 0.15) is 17.5 Å². The summed E-state index contributed by atoms with van der Waals surface area (Å²) in [6.45, 7) is 2.03. The zero-order valence-electron chi connectivity index (χ0n) is 8.97. The molecule has 0 saturated heterocycles. The van der Waals surface area contributed by atoms with E-state index in [1.807, 2.05) is 37.3 Å². The Bertz CT molecular complexity index is 482. The number of aryl methyl sites for hydroxylation is 1. The summed E-state index contributed by atoms with van der Waals surface area (Å²) in [4.78, 5) is 11.5. The average molecular weight is 213 g/mol. The lowest BCUT2D eigenvalue weighted by molar-refractivity contribution is -0.128. The number of hydrazone groups is 1. The van der Waals surface area contributed by atoms with Crippen molar-refractivity contribution in [2.24, 2.45) is 5.10 Å². The van der Waals surface area contributed by atoms with Gasteiger partial charge >= 0.3 is 0 Å². The first-order chi connectivity index (χ1) is 7.70. The van der Waals surface area contributed by atoms with Crippen LogP contribution in [0.15, 0.2) is 29.4 Å². The van der Waals surface area contributed by atoms with Gasteiger partial charge in [0, 0.05) is 0 Å². The minimum absolute atomic E-state index is 0.0220. The third kappa shape index (κ3) is 1.94. The van der Waals surface area contributed by atoms with Crippen LogP contribution < -0.4 is 0 Å². The lowest BCUT2D eigenvalue weighted by Crippen LogP contribution is -2.20. The van der Waals surface area contributed by atoms with E-state index in [-0.39, 0.29) is 18.9 Å². The van der Waals surface area contributed by atoms with Gasteiger partial charge in [-0.1, -0.05) is 29.8 Å². The Morgan fingerprint density at radius 2 is 2.12 bits per heavy atom. The Kier molecular flexibility index (Phi) is 2.69. The fraction of sp³-hybridized carbons (Fsp3) is 0.250. The zero-order valence-corrected chi connectivity index (χ0v) is 8.97. The van der Waals surface area contributed by atoms with Gasteiger partial charge in [0.2, 0.25) is 5.91 Å². The maximum absolute atomic E-state index is 11.5. The van der Waals surface area contributed by atoms with E-state index in [0.29, 0.717) is 0 Å². The monoisotopic (exact) mass is 213 g/mol. The minimum Gasteiger partial charge on any atom is -0.272 e. The molecule has 0 unspecified atom stereocenters. The van der Waals surface area contributed by atoms with Crippen LogP contribution in [0.2, 0.25) is 0 Å². The highest BCUT2D eigenvalue weighted by molar-refractivity contribution is 6.13. The Labute approximate surface area is 93.8 Å². The van der Waals surface area contributed by atoms with E-state index in [1.54, 1.807) is 0 Å². The van der Waals surface area contributed by atoms with Gasteiger partial charge in [-0.3, -0.25) is 4.79 Å². The van der Waals surface area contributed by atoms with Crippen LogP contribution in [0, 0.1) is 18.3 Å². The standard InChI is InChI=1S/C12H11N3O/c1-9-2-4-10(5-3-9)11-8-12(16)15(14-11)7-6-13/h2-5H,7-8H2,1H3. The molecule has 1 heterocycles. The van der Waals surface area contributed by atoms with Crippen molar-refractivity contribution in [3.8, 4) is 6.07 Å². The molecule has 4 nitrogen and oxygen atoms in total. The normalized spacial score (nSPS) is 14.9. The van der Waals surface area contributed by atoms with Gasteiger partial charge in [0.15, 0.2) is 0 Å². The summed E-state index contributed by atoms with van der Waals surface area (Å²) in [5.41, 5.74) is 2.85. The summed E-state index contributed by atoms with van der Waals surface area (Å²) in [5.74, 6) is -0.114. The third-order valence-electron chi connectivity index (χ3n) is 2.45. The molecule has 1 aromatic rings. The number of carbonyl (C=O) groups excluding carboxylic acids is 1. The van der Waals surface area contributed by atoms with Gasteiger partial charge in [-0.2, -0.15) is 10.4 Å². The SMILES string of the molecule is Cc1ccc(C2=NN(CC#N)C(=O)C2)cc1. The van der Waals surface area contributed by atoms with Gasteiger partial charge in [-0.25, -0.2) is 5.01 Å². The molecule has 0 fully saturated rings. The van der Waals surface area contributed by atoms with Crippen molar-refractivity contribution in [3.63, 3.8) is 0 Å². The van der Waals surface area contributed by atoms with Crippen molar-refractivity contribution < 1.29 is 4.79 Å². The second-order valence-corrected chi connectivity index (χ2v) is 3.70. The number of rotatable bonds is 2. The molecule has 2 rings (SSSR count). The van der Waals surface area contributed by atoms with Crippen LogP contribution in [0.3, 0.4) is 0 Å². The topological polar surface area (TPSA) is 56.5 Å². The van der Waals surface area contributed by atoms with Gasteiger partial charge in [-0.05, 0) is 12.5 Å². The lowest BCUT2D eigenvalue weighted by Gasteiger charge is -2.03. The number of benzene rings is 1. The predicted octanol–water partition coefficient (Wildman–Crippen LogP) is 1.45. The Balaban J connectivity index is 2.24. The number of amides is 1. The Morgan fingerprint density at radius 1 is 1.44 bits per heavy atom. The molecule has 0 aromatic heterocycles. The molecule has 4 heteroatoms. The lowest BCUT2D eigenvalue weighted by atomic mass is 10.1. The van der Waals surface area contributed by atoms with E-state index >= 15 is 0 Å². The van der Waals surface area contributed by atoms with E-state index in [1.165, 1.54) is 10.6 Å². The summed E-state index contributed by atoms with van der Waals surface area (Å²) in [7, 11) is 0. The van der Waals surface area contributed by atoms with E-state index in [2.05, 4.69) is 5.10 Å². The second-order valence-electron chi connectivity index (χ2n) is 3.70. The molecule has 0 radical (unpaired) electrons. The van der Waals surface area contributed by atoms with Crippen LogP contribution in [0.4, 0.5) is 0 Å². The molecular formula is C12H11N3O. The van der Waals surface area contributed by atoms with Crippen LogP contribution in [0.25, 0.3) is 0 Å². The molecule has 16 heavy (non-hydrogen) atoms. The van der Waals surface area contributed by atoms with Gasteiger partial charge in [0.1, 0.15) is 6.54 Å². The number of hydrogen-bond donors (Lipinski definition) is 0. The molecule has 0 saturated carbocycles. The first-order valence-electron chi connectivity index (χ1n) is 5.02. The fourth-order valence-electron chi connectivity index (χ4n) is 1.57. The largest absolute Gasteiger partial charge is 0.272 e. The van der Waals surface area contributed by atoms with E-state index < -0.39 is 0 Å². The smallest absolute Gasteiger partial charge is 0.249 e. The van der Waals surface area contributed by atoms with E-state index in [4.69, 9.17) is 5.26 Å². The number of hydrogen-bond acceptors (Lipinski definition) is 3. The van der Waals surface area contributed by atoms with Crippen LogP contribution in [-0.2, 0) is 4.79 Å². The summed E-state index contributed by atoms with van der Waals surface area (Å²) in [5, 5.41) is 13.9. The molecule has 80 valence electrons. The molecular weight excluding hydrogens is 202 g/mol. The first kappa shape index (κ1) is 10.4. The average Bonchev–Trinajstić information content (AvgIpc) is 2.62. The van der Waals surface area contributed by atoms with Crippen molar-refractivity contribution >= 4 is 11.6 Å². The quantitative estimate of drug-likeness (QED) is 0.698. The van der Waals surface area contributed by atoms with Gasteiger partial charge in [0.25, 0.3) is 0 Å². The minimum atomic E-state index is -0.114. The van der Waals surface area contributed by atoms with Gasteiger partial charge in [-0.15, -0.1) is 0 Å². The van der Waals surface area contributed by atoms with Crippen molar-refractivity contribution in [1.82, 2.24) is 5.01 Å². The van der Waals surface area contributed by atoms with Crippen molar-refractivity contribution in [2.75, 3.05) is 6.54 Å². The number of nitrogens with zero attached hydrogens (tertiary/aromatic N) is 3. The Morgan fingerprint density at radius 3 is 2.75 bits per heavy atom. The first-order valence-corrected chi connectivity index (χ1v) is 5.02. The molecule has 0 N–H and O–H groups in total. The zero-order chi connectivity index (χ0) is 11.5. The molecule has 0 atom stereocenters. The predicted molar refractivity (Wildman–Crippen MR) is 59.7 cm³/mol. The number of carbonyl (C=O) groups is 1. The van der Waals surface area contributed by atoms with E-state index in [0.717, 1.165) is 11.3 Å². The van der Waals surface area contributed by atoms with Crippen LogP contribution in [0.5, 0.6) is 0 Å². The summed E-state index contributed by atoms with van der Waals surface area (Å²) in [6.07, 6.45) is 0.282. The molecule has 1 aliphatic heterocycles. The van der Waals surface area contributed by atoms with Gasteiger partial charge in [0.05, 0.1) is 18.2 Å². The second kappa shape index (κ2) is 4.15. The molecule has 1 amide bonds. The summed E-state index contributed by atoms with van der Waals surface area (Å²) < 4.78 is 0. The van der Waals surface area contributed by atoms with E-state index in [9.17, 15) is 4.79 Å². The third-order valence-corrected chi connectivity index (χ3v) is 2.45. The molecule has 0 spiro atoms. The Hall–Kier alpha value is -2.15. The maximum atomic E-state index is 11.5. The van der Waals surface area contributed by atoms with Crippen LogP contribution >= 0.6 is 0 Å². The summed E-state index contributed by atoms with van der Waals surface area (Å²) >= 11 is 0. The fourth-order valence-corrected chi connectivity index (χ4v) is 1.57. The summed E-state index contributed by atoms with van der Waals surface area (Å²) in [6, 6.07) is 9.77. The molecule has 1 aliphatic rings. The van der Waals surface area contributed by atoms with Crippen molar-refractivity contribution in [1.29, 1.82) is 5.26 Å². The van der Waals surface area contributed by atoms with Crippen molar-refractivity contribution in [3.05, 3.63) is 35.4 Å². The number of nitriles is 1. The highest BCUT2D eigenvalue weighted by Crippen LogP contribution is 2.15. The van der Waals surface area contributed by atoms with Crippen LogP contribution in [-0.4, -0.2) is 23.2 Å². The van der Waals surface area contributed by atoms with Crippen molar-refractivity contribution in [2.45, 2.75) is 13.3 Å². The molecule has 0 bridgehead atoms.